The van der Waals surface area contributed by atoms with Crippen LogP contribution in [0.3, 0.4) is 0 Å². The van der Waals surface area contributed by atoms with Crippen LogP contribution in [0.25, 0.3) is 0 Å². The summed E-state index contributed by atoms with van der Waals surface area (Å²) >= 11 is 0. The summed E-state index contributed by atoms with van der Waals surface area (Å²) in [6, 6.07) is 0.528. The van der Waals surface area contributed by atoms with Crippen LogP contribution in [0.15, 0.2) is 0 Å². The van der Waals surface area contributed by atoms with Crippen molar-refractivity contribution in [1.29, 1.82) is 0 Å². The predicted molar refractivity (Wildman–Crippen MR) is 88.2 cm³/mol. The summed E-state index contributed by atoms with van der Waals surface area (Å²) in [6.07, 6.45) is 11.1. The molecule has 1 aliphatic rings. The van der Waals surface area contributed by atoms with E-state index in [1.165, 1.54) is 51.4 Å². The van der Waals surface area contributed by atoms with Gasteiger partial charge in [0.25, 0.3) is 0 Å². The predicted octanol–water partition coefficient (Wildman–Crippen LogP) is 4.92. The summed E-state index contributed by atoms with van der Waals surface area (Å²) < 4.78 is 6.37. The molecule has 0 aromatic rings. The highest BCUT2D eigenvalue weighted by Gasteiger charge is 2.42. The molecule has 20 heavy (non-hydrogen) atoms. The monoisotopic (exact) mass is 283 g/mol. The minimum Gasteiger partial charge on any atom is -0.374 e. The van der Waals surface area contributed by atoms with Crippen molar-refractivity contribution < 1.29 is 4.74 Å². The fraction of sp³-hybridized carbons (Fsp3) is 1.00. The number of unbranched alkanes of at least 4 members (excludes halogenated alkanes) is 3. The second-order valence-corrected chi connectivity index (χ2v) is 7.29. The molecule has 1 aliphatic carbocycles. The molecule has 0 radical (unpaired) electrons. The molecule has 0 aromatic heterocycles. The lowest BCUT2D eigenvalue weighted by Crippen LogP contribution is -2.46. The van der Waals surface area contributed by atoms with Gasteiger partial charge in [-0.15, -0.1) is 0 Å². The second-order valence-electron chi connectivity index (χ2n) is 7.29. The largest absolute Gasteiger partial charge is 0.374 e. The van der Waals surface area contributed by atoms with E-state index >= 15 is 0 Å². The van der Waals surface area contributed by atoms with Crippen LogP contribution in [0.4, 0.5) is 0 Å². The Labute approximate surface area is 127 Å². The molecule has 3 atom stereocenters. The van der Waals surface area contributed by atoms with Crippen molar-refractivity contribution >= 4 is 0 Å². The van der Waals surface area contributed by atoms with Crippen molar-refractivity contribution in [3.8, 4) is 0 Å². The molecule has 0 aromatic carbocycles. The van der Waals surface area contributed by atoms with Crippen LogP contribution < -0.4 is 5.32 Å². The Bertz CT molecular complexity index is 252. The molecular formula is C18H37NO. The molecule has 0 amide bonds. The maximum absolute atomic E-state index is 6.37. The molecule has 2 nitrogen and oxygen atoms in total. The lowest BCUT2D eigenvalue weighted by Gasteiger charge is -2.33. The second kappa shape index (κ2) is 9.04. The van der Waals surface area contributed by atoms with E-state index in [0.717, 1.165) is 6.54 Å². The Morgan fingerprint density at radius 2 is 1.90 bits per heavy atom. The zero-order chi connectivity index (χ0) is 15.0. The van der Waals surface area contributed by atoms with E-state index in [0.29, 0.717) is 23.7 Å². The van der Waals surface area contributed by atoms with E-state index in [4.69, 9.17) is 4.74 Å². The lowest BCUT2D eigenvalue weighted by molar-refractivity contribution is -0.0251. The minimum absolute atomic E-state index is 0.377. The maximum atomic E-state index is 6.37. The number of ether oxygens (including phenoxy) is 1. The van der Waals surface area contributed by atoms with Gasteiger partial charge in [-0.2, -0.15) is 0 Å². The average molecular weight is 284 g/mol. The molecule has 0 saturated heterocycles. The highest BCUT2D eigenvalue weighted by molar-refractivity contribution is 4.97. The SMILES string of the molecule is CCCCCCC(C)OC1CCC(C)(C)C1NCCC. The van der Waals surface area contributed by atoms with Crippen molar-refractivity contribution in [3.63, 3.8) is 0 Å². The van der Waals surface area contributed by atoms with Crippen molar-refractivity contribution in [2.75, 3.05) is 6.54 Å². The van der Waals surface area contributed by atoms with Gasteiger partial charge in [0, 0.05) is 6.04 Å². The van der Waals surface area contributed by atoms with Crippen LogP contribution in [0.5, 0.6) is 0 Å². The molecule has 1 saturated carbocycles. The van der Waals surface area contributed by atoms with E-state index in [2.05, 4.69) is 39.9 Å². The third-order valence-electron chi connectivity index (χ3n) is 4.77. The van der Waals surface area contributed by atoms with Crippen LogP contribution in [-0.2, 0) is 4.74 Å². The summed E-state index contributed by atoms with van der Waals surface area (Å²) in [6.45, 7) is 12.6. The highest BCUT2D eigenvalue weighted by atomic mass is 16.5. The molecule has 1 rings (SSSR count). The van der Waals surface area contributed by atoms with Crippen LogP contribution in [0.1, 0.15) is 86.0 Å². The molecule has 0 heterocycles. The van der Waals surface area contributed by atoms with Crippen molar-refractivity contribution in [2.24, 2.45) is 5.41 Å². The third-order valence-corrected chi connectivity index (χ3v) is 4.77. The Morgan fingerprint density at radius 3 is 2.55 bits per heavy atom. The zero-order valence-electron chi connectivity index (χ0n) is 14.5. The number of rotatable bonds is 10. The van der Waals surface area contributed by atoms with Crippen molar-refractivity contribution in [2.45, 2.75) is 104 Å². The molecular weight excluding hydrogens is 246 g/mol. The summed E-state index contributed by atoms with van der Waals surface area (Å²) in [4.78, 5) is 0. The van der Waals surface area contributed by atoms with Gasteiger partial charge in [-0.05, 0) is 44.6 Å². The smallest absolute Gasteiger partial charge is 0.0737 e. The first-order valence-corrected chi connectivity index (χ1v) is 8.90. The zero-order valence-corrected chi connectivity index (χ0v) is 14.5. The van der Waals surface area contributed by atoms with Gasteiger partial charge in [0.1, 0.15) is 0 Å². The first-order chi connectivity index (χ1) is 9.51. The molecule has 3 unspecified atom stereocenters. The molecule has 1 N–H and O–H groups in total. The summed E-state index contributed by atoms with van der Waals surface area (Å²) in [5.41, 5.74) is 0.377. The van der Waals surface area contributed by atoms with Gasteiger partial charge < -0.3 is 10.1 Å². The number of hydrogen-bond donors (Lipinski definition) is 1. The average Bonchev–Trinajstić information content (AvgIpc) is 2.67. The van der Waals surface area contributed by atoms with Gasteiger partial charge in [0.15, 0.2) is 0 Å². The van der Waals surface area contributed by atoms with Crippen LogP contribution in [-0.4, -0.2) is 24.8 Å². The standard InChI is InChI=1S/C18H37NO/c1-6-8-9-10-11-15(3)20-16-12-13-18(4,5)17(16)19-14-7-2/h15-17,19H,6-14H2,1-5H3. The van der Waals surface area contributed by atoms with Crippen LogP contribution in [0.2, 0.25) is 0 Å². The van der Waals surface area contributed by atoms with Crippen LogP contribution >= 0.6 is 0 Å². The Balaban J connectivity index is 2.36. The highest BCUT2D eigenvalue weighted by Crippen LogP contribution is 2.39. The Kier molecular flexibility index (Phi) is 8.13. The molecule has 0 aliphatic heterocycles. The first kappa shape index (κ1) is 18.0. The molecule has 0 spiro atoms. The summed E-state index contributed by atoms with van der Waals surface area (Å²) in [5.74, 6) is 0. The first-order valence-electron chi connectivity index (χ1n) is 8.90. The van der Waals surface area contributed by atoms with E-state index in [1.54, 1.807) is 0 Å². The number of hydrogen-bond acceptors (Lipinski definition) is 2. The van der Waals surface area contributed by atoms with E-state index < -0.39 is 0 Å². The Hall–Kier alpha value is -0.0800. The van der Waals surface area contributed by atoms with Gasteiger partial charge >= 0.3 is 0 Å². The van der Waals surface area contributed by atoms with Crippen molar-refractivity contribution in [1.82, 2.24) is 5.32 Å². The quantitative estimate of drug-likeness (QED) is 0.575. The molecule has 2 heteroatoms. The van der Waals surface area contributed by atoms with Gasteiger partial charge in [0.2, 0.25) is 0 Å². The Morgan fingerprint density at radius 1 is 1.15 bits per heavy atom. The van der Waals surface area contributed by atoms with Crippen LogP contribution in [0, 0.1) is 5.41 Å². The van der Waals surface area contributed by atoms with E-state index in [1.807, 2.05) is 0 Å². The fourth-order valence-corrected chi connectivity index (χ4v) is 3.42. The van der Waals surface area contributed by atoms with E-state index in [-0.39, 0.29) is 0 Å². The van der Waals surface area contributed by atoms with Gasteiger partial charge in [-0.3, -0.25) is 0 Å². The third kappa shape index (κ3) is 5.73. The fourth-order valence-electron chi connectivity index (χ4n) is 3.42. The molecule has 1 fully saturated rings. The lowest BCUT2D eigenvalue weighted by atomic mass is 9.87. The van der Waals surface area contributed by atoms with Gasteiger partial charge in [-0.25, -0.2) is 0 Å². The van der Waals surface area contributed by atoms with Gasteiger partial charge in [0.05, 0.1) is 12.2 Å². The molecule has 120 valence electrons. The molecule has 0 bridgehead atoms. The van der Waals surface area contributed by atoms with Crippen molar-refractivity contribution in [3.05, 3.63) is 0 Å². The summed E-state index contributed by atoms with van der Waals surface area (Å²) in [7, 11) is 0. The maximum Gasteiger partial charge on any atom is 0.0737 e. The minimum atomic E-state index is 0.377. The topological polar surface area (TPSA) is 21.3 Å². The summed E-state index contributed by atoms with van der Waals surface area (Å²) in [5, 5.41) is 3.73. The normalized spacial score (nSPS) is 26.9. The van der Waals surface area contributed by atoms with Gasteiger partial charge in [-0.1, -0.05) is 53.4 Å². The van der Waals surface area contributed by atoms with E-state index in [9.17, 15) is 0 Å². The number of nitrogens with one attached hydrogen (secondary N) is 1.